The SMILES string of the molecule is CCOC(=O)OCC(=O)[C@@]1(O)[C@@H](C)CC2C3CCC4=CC(=O)C=C[C@]4(C)C3=CC[C@@]21C. The lowest BCUT2D eigenvalue weighted by Gasteiger charge is -2.53. The number of rotatable bonds is 4. The van der Waals surface area contributed by atoms with E-state index in [9.17, 15) is 19.5 Å². The Labute approximate surface area is 183 Å². The summed E-state index contributed by atoms with van der Waals surface area (Å²) < 4.78 is 9.71. The molecule has 0 radical (unpaired) electrons. The van der Waals surface area contributed by atoms with E-state index in [-0.39, 0.29) is 35.6 Å². The van der Waals surface area contributed by atoms with Gasteiger partial charge in [-0.05, 0) is 69.4 Å². The Morgan fingerprint density at radius 3 is 2.71 bits per heavy atom. The molecule has 168 valence electrons. The van der Waals surface area contributed by atoms with Gasteiger partial charge in [0.15, 0.2) is 12.4 Å². The van der Waals surface area contributed by atoms with E-state index in [0.717, 1.165) is 24.8 Å². The first-order valence-corrected chi connectivity index (χ1v) is 11.3. The number of carbonyl (C=O) groups excluding carboxylic acids is 3. The zero-order valence-corrected chi connectivity index (χ0v) is 18.8. The van der Waals surface area contributed by atoms with Gasteiger partial charge in [0.05, 0.1) is 6.61 Å². The minimum absolute atomic E-state index is 0.0447. The summed E-state index contributed by atoms with van der Waals surface area (Å²) >= 11 is 0. The molecule has 0 aliphatic heterocycles. The molecular weight excluding hydrogens is 396 g/mol. The third-order valence-electron chi connectivity index (χ3n) is 8.54. The number of ether oxygens (including phenoxy) is 2. The van der Waals surface area contributed by atoms with Crippen LogP contribution in [0.5, 0.6) is 0 Å². The molecule has 1 N–H and O–H groups in total. The van der Waals surface area contributed by atoms with Crippen LogP contribution in [-0.2, 0) is 19.1 Å². The quantitative estimate of drug-likeness (QED) is 0.539. The Kier molecular flexibility index (Phi) is 5.28. The predicted octanol–water partition coefficient (Wildman–Crippen LogP) is 3.93. The number of allylic oxidation sites excluding steroid dienone is 6. The molecule has 31 heavy (non-hydrogen) atoms. The van der Waals surface area contributed by atoms with Crippen LogP contribution in [0.3, 0.4) is 0 Å². The maximum atomic E-state index is 13.2. The van der Waals surface area contributed by atoms with Crippen molar-refractivity contribution in [3.05, 3.63) is 35.5 Å². The highest BCUT2D eigenvalue weighted by Crippen LogP contribution is 2.66. The van der Waals surface area contributed by atoms with Crippen LogP contribution in [0, 0.1) is 28.6 Å². The first-order valence-electron chi connectivity index (χ1n) is 11.3. The zero-order chi connectivity index (χ0) is 22.6. The van der Waals surface area contributed by atoms with Crippen LogP contribution in [-0.4, -0.2) is 41.6 Å². The largest absolute Gasteiger partial charge is 0.508 e. The van der Waals surface area contributed by atoms with Crippen molar-refractivity contribution < 1.29 is 29.0 Å². The first-order chi connectivity index (χ1) is 14.6. The van der Waals surface area contributed by atoms with E-state index in [1.807, 2.05) is 19.9 Å². The van der Waals surface area contributed by atoms with Crippen LogP contribution in [0.1, 0.15) is 53.4 Å². The fourth-order valence-corrected chi connectivity index (χ4v) is 6.85. The molecule has 0 heterocycles. The summed E-state index contributed by atoms with van der Waals surface area (Å²) in [4.78, 5) is 36.6. The van der Waals surface area contributed by atoms with Crippen molar-refractivity contribution >= 4 is 17.7 Å². The second-order valence-corrected chi connectivity index (χ2v) is 9.94. The number of carbonyl (C=O) groups is 3. The van der Waals surface area contributed by atoms with Crippen LogP contribution in [0.15, 0.2) is 35.5 Å². The summed E-state index contributed by atoms with van der Waals surface area (Å²) in [5.74, 6) is -0.275. The van der Waals surface area contributed by atoms with Gasteiger partial charge in [0.1, 0.15) is 5.60 Å². The van der Waals surface area contributed by atoms with Crippen LogP contribution in [0.25, 0.3) is 0 Å². The lowest BCUT2D eigenvalue weighted by atomic mass is 9.51. The topological polar surface area (TPSA) is 89.9 Å². The van der Waals surface area contributed by atoms with Crippen molar-refractivity contribution in [2.75, 3.05) is 13.2 Å². The van der Waals surface area contributed by atoms with Crippen molar-refractivity contribution in [1.82, 2.24) is 0 Å². The summed E-state index contributed by atoms with van der Waals surface area (Å²) in [6.45, 7) is 7.43. The Morgan fingerprint density at radius 1 is 1.26 bits per heavy atom. The third-order valence-corrected chi connectivity index (χ3v) is 8.54. The molecule has 6 heteroatoms. The average molecular weight is 429 g/mol. The van der Waals surface area contributed by atoms with Gasteiger partial charge in [0.25, 0.3) is 0 Å². The number of fused-ring (bicyclic) bond motifs is 5. The van der Waals surface area contributed by atoms with Gasteiger partial charge >= 0.3 is 6.16 Å². The highest BCUT2D eigenvalue weighted by Gasteiger charge is 2.67. The molecule has 0 spiro atoms. The number of aliphatic hydroxyl groups is 1. The van der Waals surface area contributed by atoms with Gasteiger partial charge in [-0.25, -0.2) is 4.79 Å². The van der Waals surface area contributed by atoms with Gasteiger partial charge in [-0.15, -0.1) is 0 Å². The van der Waals surface area contributed by atoms with E-state index in [4.69, 9.17) is 9.47 Å². The average Bonchev–Trinajstić information content (AvgIpc) is 2.94. The van der Waals surface area contributed by atoms with E-state index < -0.39 is 29.6 Å². The molecule has 0 aromatic rings. The van der Waals surface area contributed by atoms with Gasteiger partial charge in [-0.1, -0.05) is 37.1 Å². The second-order valence-electron chi connectivity index (χ2n) is 9.94. The van der Waals surface area contributed by atoms with Crippen LogP contribution < -0.4 is 0 Å². The summed E-state index contributed by atoms with van der Waals surface area (Å²) in [7, 11) is 0. The van der Waals surface area contributed by atoms with Gasteiger partial charge < -0.3 is 14.6 Å². The van der Waals surface area contributed by atoms with Gasteiger partial charge in [0.2, 0.25) is 5.78 Å². The number of hydrogen-bond donors (Lipinski definition) is 1. The summed E-state index contributed by atoms with van der Waals surface area (Å²) in [5.41, 5.74) is -0.00319. The minimum Gasteiger partial charge on any atom is -0.435 e. The number of ketones is 2. The predicted molar refractivity (Wildman–Crippen MR) is 114 cm³/mol. The molecule has 6 nitrogen and oxygen atoms in total. The Morgan fingerprint density at radius 2 is 2.00 bits per heavy atom. The molecule has 6 atom stereocenters. The highest BCUT2D eigenvalue weighted by atomic mass is 16.7. The summed E-state index contributed by atoms with van der Waals surface area (Å²) in [6.07, 6.45) is 9.80. The molecule has 0 amide bonds. The standard InChI is InChI=1S/C25H32O6/c1-5-30-22(28)31-14-21(27)25(29)15(2)12-20-18-7-6-16-13-17(26)8-10-23(16,3)19(18)9-11-24(20,25)4/h8-10,13,15,18,20,29H,5-7,11-12,14H2,1-4H3/t15-,18?,20?,23-,24-,25-/m0/s1. The van der Waals surface area contributed by atoms with Crippen LogP contribution >= 0.6 is 0 Å². The van der Waals surface area contributed by atoms with Gasteiger partial charge in [0, 0.05) is 10.8 Å². The van der Waals surface area contributed by atoms with E-state index in [1.54, 1.807) is 19.1 Å². The fraction of sp³-hybridized carbons (Fsp3) is 0.640. The maximum absolute atomic E-state index is 13.2. The van der Waals surface area contributed by atoms with Crippen molar-refractivity contribution in [3.63, 3.8) is 0 Å². The maximum Gasteiger partial charge on any atom is 0.508 e. The molecule has 4 aliphatic carbocycles. The third kappa shape index (κ3) is 3.05. The minimum atomic E-state index is -1.57. The van der Waals surface area contributed by atoms with Crippen LogP contribution in [0.2, 0.25) is 0 Å². The second kappa shape index (κ2) is 7.44. The molecule has 2 fully saturated rings. The van der Waals surface area contributed by atoms with Crippen molar-refractivity contribution in [2.45, 2.75) is 59.0 Å². The molecule has 0 bridgehead atoms. The Bertz CT molecular complexity index is 913. The fourth-order valence-electron chi connectivity index (χ4n) is 6.85. The Hall–Kier alpha value is -2.21. The highest BCUT2D eigenvalue weighted by molar-refractivity contribution is 6.01. The van der Waals surface area contributed by atoms with Crippen molar-refractivity contribution in [2.24, 2.45) is 28.6 Å². The molecule has 4 rings (SSSR count). The number of Topliss-reactive ketones (excluding diaryl/α,β-unsaturated/α-hetero) is 1. The molecule has 2 unspecified atom stereocenters. The Balaban J connectivity index is 1.64. The molecule has 0 aromatic carbocycles. The van der Waals surface area contributed by atoms with Gasteiger partial charge in [-0.3, -0.25) is 9.59 Å². The van der Waals surface area contributed by atoms with Crippen molar-refractivity contribution in [3.8, 4) is 0 Å². The molecular formula is C25H32O6. The van der Waals surface area contributed by atoms with E-state index in [2.05, 4.69) is 13.0 Å². The van der Waals surface area contributed by atoms with E-state index >= 15 is 0 Å². The molecule has 0 aromatic heterocycles. The first kappa shape index (κ1) is 22.0. The summed E-state index contributed by atoms with van der Waals surface area (Å²) in [5, 5.41) is 11.8. The summed E-state index contributed by atoms with van der Waals surface area (Å²) in [6, 6.07) is 0. The smallest absolute Gasteiger partial charge is 0.435 e. The van der Waals surface area contributed by atoms with E-state index in [1.165, 1.54) is 5.57 Å². The molecule has 2 saturated carbocycles. The van der Waals surface area contributed by atoms with Crippen LogP contribution in [0.4, 0.5) is 4.79 Å². The number of hydrogen-bond acceptors (Lipinski definition) is 6. The molecule has 4 aliphatic rings. The van der Waals surface area contributed by atoms with E-state index in [0.29, 0.717) is 6.42 Å². The molecule has 0 saturated heterocycles. The monoisotopic (exact) mass is 428 g/mol. The lowest BCUT2D eigenvalue weighted by molar-refractivity contribution is -0.162. The lowest BCUT2D eigenvalue weighted by Crippen LogP contribution is -2.57. The van der Waals surface area contributed by atoms with Crippen molar-refractivity contribution in [1.29, 1.82) is 0 Å². The normalized spacial score (nSPS) is 40.8. The zero-order valence-electron chi connectivity index (χ0n) is 18.8. The van der Waals surface area contributed by atoms with Gasteiger partial charge in [-0.2, -0.15) is 0 Å².